The first-order chi connectivity index (χ1) is 12.5. The predicted octanol–water partition coefficient (Wildman–Crippen LogP) is 3.60. The van der Waals surface area contributed by atoms with Crippen molar-refractivity contribution < 1.29 is 24.9 Å². The molecule has 1 aromatic rings. The summed E-state index contributed by atoms with van der Waals surface area (Å²) in [4.78, 5) is 12.0. The maximum Gasteiger partial charge on any atom is 0.342 e. The minimum Gasteiger partial charge on any atom is -0.507 e. The number of aryl methyl sites for hydroxylation is 1. The van der Waals surface area contributed by atoms with E-state index in [0.29, 0.717) is 5.56 Å². The quantitative estimate of drug-likeness (QED) is 0.285. The number of aliphatic hydroxyl groups is 2. The number of carbonyl (C=O) groups excluding carboxylic acids is 1. The molecule has 0 saturated carbocycles. The molecule has 0 aromatic heterocycles. The van der Waals surface area contributed by atoms with Crippen molar-refractivity contribution in [2.24, 2.45) is 0 Å². The molecular weight excluding hydrogens is 332 g/mol. The largest absolute Gasteiger partial charge is 0.507 e. The van der Waals surface area contributed by atoms with Crippen LogP contribution in [0.3, 0.4) is 0 Å². The van der Waals surface area contributed by atoms with Gasteiger partial charge in [0.05, 0.1) is 6.61 Å². The Balaban J connectivity index is 2.37. The number of unbranched alkanes of at least 4 members (excludes halogenated alkanes) is 2. The number of rotatable bonds is 8. The van der Waals surface area contributed by atoms with Gasteiger partial charge in [0.1, 0.15) is 11.5 Å². The minimum absolute atomic E-state index is 0.0255. The molecule has 26 heavy (non-hydrogen) atoms. The molecule has 0 aliphatic heterocycles. The summed E-state index contributed by atoms with van der Waals surface area (Å²) < 4.78 is 5.38. The molecule has 0 amide bonds. The first-order valence-corrected chi connectivity index (χ1v) is 9.50. The molecule has 1 aliphatic rings. The summed E-state index contributed by atoms with van der Waals surface area (Å²) in [5.74, 6) is -0.529. The van der Waals surface area contributed by atoms with Crippen LogP contribution in [0.4, 0.5) is 0 Å². The lowest BCUT2D eigenvalue weighted by Crippen LogP contribution is -2.29. The molecule has 1 aliphatic carbocycles. The molecule has 2 atom stereocenters. The second kappa shape index (κ2) is 9.74. The zero-order chi connectivity index (χ0) is 19.1. The van der Waals surface area contributed by atoms with E-state index in [1.807, 2.05) is 0 Å². The van der Waals surface area contributed by atoms with Crippen LogP contribution >= 0.6 is 0 Å². The van der Waals surface area contributed by atoms with Crippen molar-refractivity contribution in [3.8, 4) is 11.5 Å². The maximum atomic E-state index is 12.0. The van der Waals surface area contributed by atoms with Crippen LogP contribution in [0.1, 0.15) is 69.4 Å². The third-order valence-corrected chi connectivity index (χ3v) is 4.85. The van der Waals surface area contributed by atoms with Crippen LogP contribution < -0.4 is 4.74 Å². The number of aromatic hydroxyl groups is 1. The van der Waals surface area contributed by atoms with Gasteiger partial charge >= 0.3 is 5.97 Å². The average molecular weight is 362 g/mol. The monoisotopic (exact) mass is 362 g/mol. The summed E-state index contributed by atoms with van der Waals surface area (Å²) in [5, 5.41) is 29.2. The summed E-state index contributed by atoms with van der Waals surface area (Å²) in [7, 11) is 0. The molecular formula is C21H30O5. The van der Waals surface area contributed by atoms with Crippen molar-refractivity contribution in [3.05, 3.63) is 34.9 Å². The van der Waals surface area contributed by atoms with Gasteiger partial charge < -0.3 is 20.1 Å². The Morgan fingerprint density at radius 2 is 2.12 bits per heavy atom. The summed E-state index contributed by atoms with van der Waals surface area (Å²) in [5.41, 5.74) is 2.74. The summed E-state index contributed by atoms with van der Waals surface area (Å²) in [6.07, 6.45) is 7.40. The van der Waals surface area contributed by atoms with E-state index in [-0.39, 0.29) is 17.4 Å². The van der Waals surface area contributed by atoms with Crippen LogP contribution in [0.25, 0.3) is 0 Å². The molecule has 3 N–H and O–H groups in total. The highest BCUT2D eigenvalue weighted by molar-refractivity contribution is 5.78. The van der Waals surface area contributed by atoms with Crippen LogP contribution in [0.5, 0.6) is 11.5 Å². The van der Waals surface area contributed by atoms with Gasteiger partial charge in [-0.1, -0.05) is 31.4 Å². The topological polar surface area (TPSA) is 87.0 Å². The number of ether oxygens (including phenoxy) is 1. The molecule has 0 radical (unpaired) electrons. The number of allylic oxidation sites excluding steroid dienone is 2. The van der Waals surface area contributed by atoms with Gasteiger partial charge in [-0.2, -0.15) is 0 Å². The Labute approximate surface area is 155 Å². The molecule has 0 saturated heterocycles. The smallest absolute Gasteiger partial charge is 0.342 e. The predicted molar refractivity (Wildman–Crippen MR) is 100 cm³/mol. The molecule has 1 aromatic carbocycles. The van der Waals surface area contributed by atoms with Gasteiger partial charge in [-0.05, 0) is 56.7 Å². The van der Waals surface area contributed by atoms with Gasteiger partial charge in [0, 0.05) is 11.5 Å². The fourth-order valence-corrected chi connectivity index (χ4v) is 3.44. The van der Waals surface area contributed by atoms with Gasteiger partial charge in [0.15, 0.2) is 6.10 Å². The van der Waals surface area contributed by atoms with E-state index < -0.39 is 18.7 Å². The van der Waals surface area contributed by atoms with E-state index in [2.05, 4.69) is 19.9 Å². The fourth-order valence-electron chi connectivity index (χ4n) is 3.44. The number of hydrogen-bond donors (Lipinski definition) is 3. The highest BCUT2D eigenvalue weighted by Gasteiger charge is 2.25. The number of esters is 1. The van der Waals surface area contributed by atoms with Gasteiger partial charge in [0.2, 0.25) is 0 Å². The molecule has 5 nitrogen and oxygen atoms in total. The zero-order valence-corrected chi connectivity index (χ0v) is 15.7. The van der Waals surface area contributed by atoms with Gasteiger partial charge in [-0.3, -0.25) is 0 Å². The second-order valence-corrected chi connectivity index (χ2v) is 7.12. The van der Waals surface area contributed by atoms with Crippen LogP contribution in [-0.2, 0) is 11.2 Å². The first kappa shape index (κ1) is 20.5. The van der Waals surface area contributed by atoms with E-state index in [4.69, 9.17) is 9.84 Å². The van der Waals surface area contributed by atoms with Crippen molar-refractivity contribution in [3.63, 3.8) is 0 Å². The number of carbonyl (C=O) groups is 1. The van der Waals surface area contributed by atoms with Crippen molar-refractivity contribution in [2.75, 3.05) is 6.61 Å². The Kier molecular flexibility index (Phi) is 7.66. The lowest BCUT2D eigenvalue weighted by molar-refractivity contribution is -0.145. The molecule has 5 heteroatoms. The first-order valence-electron chi connectivity index (χ1n) is 9.50. The highest BCUT2D eigenvalue weighted by Crippen LogP contribution is 2.42. The van der Waals surface area contributed by atoms with Crippen molar-refractivity contribution in [1.29, 1.82) is 0 Å². The van der Waals surface area contributed by atoms with Crippen molar-refractivity contribution in [2.45, 2.75) is 70.8 Å². The maximum absolute atomic E-state index is 12.0. The van der Waals surface area contributed by atoms with Crippen LogP contribution in [0.15, 0.2) is 23.8 Å². The second-order valence-electron chi connectivity index (χ2n) is 7.12. The standard InChI is InChI=1S/C21H30O5/c1-3-4-5-8-15-11-17(23)20(16-9-6-7-14(2)10-16)19(12-15)26-21(25)18(24)13-22/h10-12,16,18,22-24H,3-9,13H2,1-2H3/t16-,18-/m0/s1. The third kappa shape index (κ3) is 5.32. The normalized spacial score (nSPS) is 18.3. The fraction of sp³-hybridized carbons (Fsp3) is 0.571. The number of phenolic OH excluding ortho intramolecular Hbond substituents is 1. The summed E-state index contributed by atoms with van der Waals surface area (Å²) in [6.45, 7) is 3.49. The lowest BCUT2D eigenvalue weighted by Gasteiger charge is -2.24. The minimum atomic E-state index is -1.59. The molecule has 0 bridgehead atoms. The molecule has 144 valence electrons. The summed E-state index contributed by atoms with van der Waals surface area (Å²) >= 11 is 0. The van der Waals surface area contributed by atoms with Crippen molar-refractivity contribution >= 4 is 5.97 Å². The van der Waals surface area contributed by atoms with E-state index >= 15 is 0 Å². The molecule has 0 fully saturated rings. The average Bonchev–Trinajstić information content (AvgIpc) is 2.61. The van der Waals surface area contributed by atoms with Gasteiger partial charge in [-0.15, -0.1) is 0 Å². The van der Waals surface area contributed by atoms with Gasteiger partial charge in [0.25, 0.3) is 0 Å². The van der Waals surface area contributed by atoms with E-state index in [0.717, 1.165) is 50.5 Å². The lowest BCUT2D eigenvalue weighted by atomic mass is 9.84. The van der Waals surface area contributed by atoms with Crippen molar-refractivity contribution in [1.82, 2.24) is 0 Å². The van der Waals surface area contributed by atoms with Gasteiger partial charge in [-0.25, -0.2) is 4.79 Å². The Morgan fingerprint density at radius 1 is 1.35 bits per heavy atom. The molecule has 0 heterocycles. The van der Waals surface area contributed by atoms with Crippen LogP contribution in [0.2, 0.25) is 0 Å². The third-order valence-electron chi connectivity index (χ3n) is 4.85. The van der Waals surface area contributed by atoms with Crippen LogP contribution in [-0.4, -0.2) is 34.0 Å². The van der Waals surface area contributed by atoms with E-state index in [1.165, 1.54) is 5.57 Å². The molecule has 0 spiro atoms. The number of aliphatic hydroxyl groups excluding tert-OH is 2. The van der Waals surface area contributed by atoms with Crippen LogP contribution in [0, 0.1) is 0 Å². The Bertz CT molecular complexity index is 650. The zero-order valence-electron chi connectivity index (χ0n) is 15.7. The number of phenols is 1. The number of benzene rings is 1. The summed E-state index contributed by atoms with van der Waals surface area (Å²) in [6, 6.07) is 3.53. The number of hydrogen-bond acceptors (Lipinski definition) is 5. The molecule has 2 rings (SSSR count). The highest BCUT2D eigenvalue weighted by atomic mass is 16.6. The molecule has 0 unspecified atom stereocenters. The van der Waals surface area contributed by atoms with E-state index in [9.17, 15) is 15.0 Å². The Hall–Kier alpha value is -1.85. The van der Waals surface area contributed by atoms with E-state index in [1.54, 1.807) is 12.1 Å². The Morgan fingerprint density at radius 3 is 2.77 bits per heavy atom. The SMILES string of the molecule is CCCCCc1cc(O)c([C@@H]2C=C(C)CCC2)c(OC(=O)[C@@H](O)CO)c1.